The minimum atomic E-state index is -0.168. The Morgan fingerprint density at radius 1 is 0.955 bits per heavy atom. The molecule has 4 nitrogen and oxygen atoms in total. The van der Waals surface area contributed by atoms with Crippen LogP contribution in [0.2, 0.25) is 0 Å². The molecular weight excluding hydrogens is 276 g/mol. The van der Waals surface area contributed by atoms with Gasteiger partial charge in [0.2, 0.25) is 0 Å². The van der Waals surface area contributed by atoms with E-state index in [2.05, 4.69) is 5.32 Å². The van der Waals surface area contributed by atoms with Crippen molar-refractivity contribution < 1.29 is 9.59 Å². The van der Waals surface area contributed by atoms with Gasteiger partial charge in [0.25, 0.3) is 5.91 Å². The van der Waals surface area contributed by atoms with E-state index in [0.717, 1.165) is 10.9 Å². The number of hydrogen-bond acceptors (Lipinski definition) is 2. The summed E-state index contributed by atoms with van der Waals surface area (Å²) >= 11 is 0. The average molecular weight is 292 g/mol. The molecule has 22 heavy (non-hydrogen) atoms. The van der Waals surface area contributed by atoms with Gasteiger partial charge in [-0.25, -0.2) is 0 Å². The Kier molecular flexibility index (Phi) is 3.51. The van der Waals surface area contributed by atoms with Gasteiger partial charge < -0.3 is 9.88 Å². The molecule has 0 saturated carbocycles. The lowest BCUT2D eigenvalue weighted by molar-refractivity contribution is 0.101. The van der Waals surface area contributed by atoms with Crippen molar-refractivity contribution in [3.8, 4) is 0 Å². The highest BCUT2D eigenvalue weighted by molar-refractivity contribution is 6.06. The van der Waals surface area contributed by atoms with Gasteiger partial charge in [0.1, 0.15) is 0 Å². The molecule has 0 aliphatic heterocycles. The second-order valence-corrected chi connectivity index (χ2v) is 5.29. The van der Waals surface area contributed by atoms with Gasteiger partial charge in [0, 0.05) is 35.6 Å². The molecule has 3 rings (SSSR count). The van der Waals surface area contributed by atoms with E-state index in [0.29, 0.717) is 16.8 Å². The third-order valence-corrected chi connectivity index (χ3v) is 3.70. The molecule has 110 valence electrons. The minimum absolute atomic E-state index is 0.00651. The largest absolute Gasteiger partial charge is 0.351 e. The molecular formula is C18H16N2O2. The maximum atomic E-state index is 12.3. The third kappa shape index (κ3) is 2.63. The first-order chi connectivity index (χ1) is 10.5. The molecule has 4 heteroatoms. The Morgan fingerprint density at radius 2 is 1.64 bits per heavy atom. The van der Waals surface area contributed by atoms with Crippen LogP contribution in [0.3, 0.4) is 0 Å². The Labute approximate surface area is 128 Å². The summed E-state index contributed by atoms with van der Waals surface area (Å²) in [5, 5.41) is 3.94. The number of aryl methyl sites for hydroxylation is 1. The molecule has 0 unspecified atom stereocenters. The first kappa shape index (κ1) is 14.1. The van der Waals surface area contributed by atoms with Crippen LogP contribution < -0.4 is 5.32 Å². The number of rotatable bonds is 3. The van der Waals surface area contributed by atoms with Gasteiger partial charge in [0.15, 0.2) is 5.78 Å². The predicted molar refractivity (Wildman–Crippen MR) is 87.3 cm³/mol. The van der Waals surface area contributed by atoms with Gasteiger partial charge in [-0.1, -0.05) is 6.07 Å². The summed E-state index contributed by atoms with van der Waals surface area (Å²) in [6.45, 7) is 1.52. The van der Waals surface area contributed by atoms with Crippen LogP contribution in [0.5, 0.6) is 0 Å². The fourth-order valence-electron chi connectivity index (χ4n) is 2.40. The molecule has 2 aromatic carbocycles. The number of amides is 1. The summed E-state index contributed by atoms with van der Waals surface area (Å²) in [6, 6.07) is 14.5. The van der Waals surface area contributed by atoms with Crippen molar-refractivity contribution in [3.05, 3.63) is 65.9 Å². The summed E-state index contributed by atoms with van der Waals surface area (Å²) in [4.78, 5) is 23.6. The zero-order valence-electron chi connectivity index (χ0n) is 12.5. The van der Waals surface area contributed by atoms with E-state index in [1.807, 2.05) is 42.1 Å². The quantitative estimate of drug-likeness (QED) is 0.749. The number of nitrogens with zero attached hydrogens (tertiary/aromatic N) is 1. The van der Waals surface area contributed by atoms with Crippen molar-refractivity contribution in [2.45, 2.75) is 6.92 Å². The van der Waals surface area contributed by atoms with E-state index in [9.17, 15) is 9.59 Å². The van der Waals surface area contributed by atoms with E-state index in [1.165, 1.54) is 6.92 Å². The highest BCUT2D eigenvalue weighted by atomic mass is 16.1. The van der Waals surface area contributed by atoms with Crippen molar-refractivity contribution in [1.82, 2.24) is 4.57 Å². The third-order valence-electron chi connectivity index (χ3n) is 3.70. The van der Waals surface area contributed by atoms with E-state index < -0.39 is 0 Å². The van der Waals surface area contributed by atoms with Gasteiger partial charge in [-0.05, 0) is 54.8 Å². The smallest absolute Gasteiger partial charge is 0.255 e. The van der Waals surface area contributed by atoms with Crippen LogP contribution in [-0.4, -0.2) is 16.3 Å². The van der Waals surface area contributed by atoms with E-state index in [4.69, 9.17) is 0 Å². The van der Waals surface area contributed by atoms with Gasteiger partial charge in [-0.2, -0.15) is 0 Å². The number of nitrogens with one attached hydrogen (secondary N) is 1. The lowest BCUT2D eigenvalue weighted by Gasteiger charge is -2.06. The number of carbonyl (C=O) groups excluding carboxylic acids is 2. The molecule has 0 fully saturated rings. The zero-order valence-corrected chi connectivity index (χ0v) is 12.5. The molecule has 0 spiro atoms. The van der Waals surface area contributed by atoms with E-state index in [-0.39, 0.29) is 11.7 Å². The molecule has 3 aromatic rings. The number of carbonyl (C=O) groups is 2. The van der Waals surface area contributed by atoms with Gasteiger partial charge >= 0.3 is 0 Å². The molecule has 0 atom stereocenters. The van der Waals surface area contributed by atoms with Gasteiger partial charge in [-0.3, -0.25) is 9.59 Å². The molecule has 0 aliphatic carbocycles. The lowest BCUT2D eigenvalue weighted by atomic mass is 10.1. The number of Topliss-reactive ketones (excluding diaryl/α,β-unsaturated/α-hetero) is 1. The predicted octanol–water partition coefficient (Wildman–Crippen LogP) is 3.63. The molecule has 0 radical (unpaired) electrons. The van der Waals surface area contributed by atoms with Crippen molar-refractivity contribution >= 4 is 28.3 Å². The van der Waals surface area contributed by atoms with Crippen molar-refractivity contribution in [3.63, 3.8) is 0 Å². The number of benzene rings is 2. The SMILES string of the molecule is CC(=O)c1ccc(NC(=O)c2ccc3ccn(C)c3c2)cc1. The number of fused-ring (bicyclic) bond motifs is 1. The summed E-state index contributed by atoms with van der Waals surface area (Å²) < 4.78 is 1.98. The molecule has 0 aliphatic rings. The van der Waals surface area contributed by atoms with Gasteiger partial charge in [0.05, 0.1) is 0 Å². The van der Waals surface area contributed by atoms with Crippen LogP contribution in [0.4, 0.5) is 5.69 Å². The second kappa shape index (κ2) is 5.48. The average Bonchev–Trinajstić information content (AvgIpc) is 2.88. The monoisotopic (exact) mass is 292 g/mol. The van der Waals surface area contributed by atoms with Crippen LogP contribution in [0.15, 0.2) is 54.7 Å². The second-order valence-electron chi connectivity index (χ2n) is 5.29. The lowest BCUT2D eigenvalue weighted by Crippen LogP contribution is -2.12. The van der Waals surface area contributed by atoms with Crippen molar-refractivity contribution in [2.24, 2.45) is 7.05 Å². The summed E-state index contributed by atoms with van der Waals surface area (Å²) in [6.07, 6.45) is 1.97. The number of ketones is 1. The van der Waals surface area contributed by atoms with E-state index >= 15 is 0 Å². The van der Waals surface area contributed by atoms with Gasteiger partial charge in [-0.15, -0.1) is 0 Å². The standard InChI is InChI=1S/C18H16N2O2/c1-12(21)13-5-7-16(8-6-13)19-18(22)15-4-3-14-9-10-20(2)17(14)11-15/h3-11H,1-2H3,(H,19,22). The first-order valence-electron chi connectivity index (χ1n) is 7.02. The molecule has 1 amide bonds. The summed E-state index contributed by atoms with van der Waals surface area (Å²) in [5.41, 5.74) is 2.91. The maximum Gasteiger partial charge on any atom is 0.255 e. The molecule has 1 N–H and O–H groups in total. The zero-order chi connectivity index (χ0) is 15.7. The number of anilines is 1. The summed E-state index contributed by atoms with van der Waals surface area (Å²) in [5.74, 6) is -0.161. The van der Waals surface area contributed by atoms with E-state index in [1.54, 1.807) is 24.3 Å². The number of hydrogen-bond donors (Lipinski definition) is 1. The first-order valence-corrected chi connectivity index (χ1v) is 7.02. The highest BCUT2D eigenvalue weighted by Gasteiger charge is 2.08. The fourth-order valence-corrected chi connectivity index (χ4v) is 2.40. The molecule has 0 saturated heterocycles. The molecule has 1 heterocycles. The Morgan fingerprint density at radius 3 is 2.32 bits per heavy atom. The summed E-state index contributed by atoms with van der Waals surface area (Å²) in [7, 11) is 1.95. The fraction of sp³-hybridized carbons (Fsp3) is 0.111. The molecule has 0 bridgehead atoms. The van der Waals surface area contributed by atoms with Crippen LogP contribution in [-0.2, 0) is 7.05 Å². The highest BCUT2D eigenvalue weighted by Crippen LogP contribution is 2.18. The van der Waals surface area contributed by atoms with Crippen LogP contribution in [0, 0.1) is 0 Å². The minimum Gasteiger partial charge on any atom is -0.351 e. The Bertz CT molecular complexity index is 860. The van der Waals surface area contributed by atoms with Crippen molar-refractivity contribution in [1.29, 1.82) is 0 Å². The Hall–Kier alpha value is -2.88. The van der Waals surface area contributed by atoms with Crippen LogP contribution in [0.25, 0.3) is 10.9 Å². The maximum absolute atomic E-state index is 12.3. The van der Waals surface area contributed by atoms with Crippen LogP contribution in [0.1, 0.15) is 27.6 Å². The normalized spacial score (nSPS) is 10.6. The molecule has 1 aromatic heterocycles. The topological polar surface area (TPSA) is 51.1 Å². The Balaban J connectivity index is 1.83. The van der Waals surface area contributed by atoms with Crippen molar-refractivity contribution in [2.75, 3.05) is 5.32 Å². The van der Waals surface area contributed by atoms with Crippen LogP contribution >= 0.6 is 0 Å². The number of aromatic nitrogens is 1.